The van der Waals surface area contributed by atoms with Crippen molar-refractivity contribution < 1.29 is 14.3 Å². The van der Waals surface area contributed by atoms with Crippen LogP contribution in [0.25, 0.3) is 0 Å². The number of rotatable bonds is 9. The van der Waals surface area contributed by atoms with Crippen LogP contribution in [0.5, 0.6) is 5.75 Å². The minimum Gasteiger partial charge on any atom is -0.484 e. The van der Waals surface area contributed by atoms with E-state index in [1.807, 2.05) is 12.1 Å². The molecular weight excluding hydrogens is 270 g/mol. The van der Waals surface area contributed by atoms with E-state index in [1.165, 1.54) is 0 Å². The van der Waals surface area contributed by atoms with Crippen molar-refractivity contribution in [2.24, 2.45) is 11.7 Å². The molecule has 0 saturated heterocycles. The predicted molar refractivity (Wildman–Crippen MR) is 80.7 cm³/mol. The molecule has 0 unspecified atom stereocenters. The molecule has 0 aliphatic carbocycles. The van der Waals surface area contributed by atoms with Crippen molar-refractivity contribution >= 4 is 11.8 Å². The molecule has 1 aromatic carbocycles. The number of hydrogen-bond donors (Lipinski definition) is 3. The van der Waals surface area contributed by atoms with E-state index >= 15 is 0 Å². The van der Waals surface area contributed by atoms with E-state index in [-0.39, 0.29) is 19.1 Å². The minimum atomic E-state index is -0.506. The molecule has 0 radical (unpaired) electrons. The molecule has 4 N–H and O–H groups in total. The van der Waals surface area contributed by atoms with Crippen LogP contribution in [0.1, 0.15) is 19.4 Å². The van der Waals surface area contributed by atoms with Gasteiger partial charge in [0.15, 0.2) is 6.61 Å². The summed E-state index contributed by atoms with van der Waals surface area (Å²) in [6, 6.07) is 7.27. The lowest BCUT2D eigenvalue weighted by Crippen LogP contribution is -2.35. The van der Waals surface area contributed by atoms with Crippen LogP contribution in [0.4, 0.5) is 0 Å². The summed E-state index contributed by atoms with van der Waals surface area (Å²) in [5, 5.41) is 5.91. The quantitative estimate of drug-likeness (QED) is 0.615. The van der Waals surface area contributed by atoms with E-state index in [0.717, 1.165) is 5.56 Å². The lowest BCUT2D eigenvalue weighted by Gasteiger charge is -2.09. The van der Waals surface area contributed by atoms with Gasteiger partial charge in [-0.3, -0.25) is 9.59 Å². The first-order valence-corrected chi connectivity index (χ1v) is 6.95. The van der Waals surface area contributed by atoms with Crippen LogP contribution in [0, 0.1) is 5.92 Å². The highest BCUT2D eigenvalue weighted by atomic mass is 16.5. The largest absolute Gasteiger partial charge is 0.484 e. The first-order valence-electron chi connectivity index (χ1n) is 6.95. The predicted octanol–water partition coefficient (Wildman–Crippen LogP) is 0.413. The van der Waals surface area contributed by atoms with Crippen molar-refractivity contribution in [3.63, 3.8) is 0 Å². The molecule has 0 fully saturated rings. The van der Waals surface area contributed by atoms with Crippen LogP contribution < -0.4 is 21.1 Å². The van der Waals surface area contributed by atoms with E-state index in [9.17, 15) is 9.59 Å². The van der Waals surface area contributed by atoms with Gasteiger partial charge in [0.05, 0.1) is 6.54 Å². The van der Waals surface area contributed by atoms with E-state index in [1.54, 1.807) is 12.1 Å². The minimum absolute atomic E-state index is 0.00916. The number of benzene rings is 1. The second-order valence-corrected chi connectivity index (χ2v) is 5.20. The highest BCUT2D eigenvalue weighted by Crippen LogP contribution is 2.11. The standard InChI is InChI=1S/C15H23N3O3/c1-11(2)7-18-15(20)9-17-8-12-3-5-13(6-4-12)21-10-14(16)19/h3-6,11,17H,7-10H2,1-2H3,(H2,16,19)(H,18,20). The fourth-order valence-corrected chi connectivity index (χ4v) is 1.56. The zero-order chi connectivity index (χ0) is 15.7. The Balaban J connectivity index is 2.26. The fourth-order valence-electron chi connectivity index (χ4n) is 1.56. The van der Waals surface area contributed by atoms with E-state index in [0.29, 0.717) is 24.8 Å². The molecule has 116 valence electrons. The summed E-state index contributed by atoms with van der Waals surface area (Å²) in [6.45, 7) is 5.53. The molecule has 0 atom stereocenters. The molecule has 2 amide bonds. The van der Waals surface area contributed by atoms with Crippen molar-refractivity contribution in [1.29, 1.82) is 0 Å². The number of nitrogens with two attached hydrogens (primary N) is 1. The molecule has 1 rings (SSSR count). The van der Waals surface area contributed by atoms with Crippen LogP contribution in [0.2, 0.25) is 0 Å². The molecule has 0 aliphatic rings. The summed E-state index contributed by atoms with van der Waals surface area (Å²) in [5.74, 6) is 0.521. The summed E-state index contributed by atoms with van der Waals surface area (Å²) in [5.41, 5.74) is 6.02. The van der Waals surface area contributed by atoms with Gasteiger partial charge in [0.25, 0.3) is 5.91 Å². The number of carbonyl (C=O) groups is 2. The summed E-state index contributed by atoms with van der Waals surface area (Å²) in [4.78, 5) is 22.1. The molecule has 0 aromatic heterocycles. The third-order valence-corrected chi connectivity index (χ3v) is 2.63. The van der Waals surface area contributed by atoms with Gasteiger partial charge in [-0.1, -0.05) is 26.0 Å². The molecule has 0 bridgehead atoms. The summed E-state index contributed by atoms with van der Waals surface area (Å²) in [6.07, 6.45) is 0. The Kier molecular flexibility index (Phi) is 7.25. The van der Waals surface area contributed by atoms with Crippen molar-refractivity contribution in [2.45, 2.75) is 20.4 Å². The molecular formula is C15H23N3O3. The molecule has 0 saturated carbocycles. The number of carbonyl (C=O) groups excluding carboxylic acids is 2. The summed E-state index contributed by atoms with van der Waals surface area (Å²) < 4.78 is 5.16. The highest BCUT2D eigenvalue weighted by molar-refractivity contribution is 5.78. The van der Waals surface area contributed by atoms with Gasteiger partial charge in [-0.25, -0.2) is 0 Å². The van der Waals surface area contributed by atoms with Crippen molar-refractivity contribution in [1.82, 2.24) is 10.6 Å². The zero-order valence-electron chi connectivity index (χ0n) is 12.5. The Hall–Kier alpha value is -2.08. The smallest absolute Gasteiger partial charge is 0.255 e. The number of primary amides is 1. The number of amides is 2. The molecule has 6 heteroatoms. The van der Waals surface area contributed by atoms with E-state index in [2.05, 4.69) is 24.5 Å². The van der Waals surface area contributed by atoms with Crippen LogP contribution in [0.15, 0.2) is 24.3 Å². The van der Waals surface area contributed by atoms with Crippen molar-refractivity contribution in [3.05, 3.63) is 29.8 Å². The Labute approximate surface area is 125 Å². The van der Waals surface area contributed by atoms with Gasteiger partial charge >= 0.3 is 0 Å². The van der Waals surface area contributed by atoms with Gasteiger partial charge in [0.1, 0.15) is 5.75 Å². The molecule has 6 nitrogen and oxygen atoms in total. The fraction of sp³-hybridized carbons (Fsp3) is 0.467. The lowest BCUT2D eigenvalue weighted by atomic mass is 10.2. The van der Waals surface area contributed by atoms with Gasteiger partial charge in [-0.05, 0) is 23.6 Å². The second kappa shape index (κ2) is 8.97. The topological polar surface area (TPSA) is 93.4 Å². The second-order valence-electron chi connectivity index (χ2n) is 5.20. The molecule has 0 aliphatic heterocycles. The Morgan fingerprint density at radius 3 is 2.48 bits per heavy atom. The van der Waals surface area contributed by atoms with Gasteiger partial charge in [-0.15, -0.1) is 0 Å². The zero-order valence-corrected chi connectivity index (χ0v) is 12.5. The van der Waals surface area contributed by atoms with Gasteiger partial charge in [0, 0.05) is 13.1 Å². The number of nitrogens with one attached hydrogen (secondary N) is 2. The van der Waals surface area contributed by atoms with Gasteiger partial charge in [0.2, 0.25) is 5.91 Å². The molecule has 21 heavy (non-hydrogen) atoms. The maximum atomic E-state index is 11.5. The molecule has 1 aromatic rings. The summed E-state index contributed by atoms with van der Waals surface area (Å²) in [7, 11) is 0. The van der Waals surface area contributed by atoms with E-state index < -0.39 is 5.91 Å². The van der Waals surface area contributed by atoms with Crippen LogP contribution in [-0.4, -0.2) is 31.5 Å². The monoisotopic (exact) mass is 293 g/mol. The third-order valence-electron chi connectivity index (χ3n) is 2.63. The Morgan fingerprint density at radius 1 is 1.24 bits per heavy atom. The number of ether oxygens (including phenoxy) is 1. The van der Waals surface area contributed by atoms with Gasteiger partial charge < -0.3 is 21.1 Å². The molecule has 0 spiro atoms. The highest BCUT2D eigenvalue weighted by Gasteiger charge is 2.02. The molecule has 0 heterocycles. The van der Waals surface area contributed by atoms with Crippen molar-refractivity contribution in [3.8, 4) is 5.75 Å². The Morgan fingerprint density at radius 2 is 1.90 bits per heavy atom. The van der Waals surface area contributed by atoms with Crippen molar-refractivity contribution in [2.75, 3.05) is 19.7 Å². The summed E-state index contributed by atoms with van der Waals surface area (Å²) >= 11 is 0. The maximum absolute atomic E-state index is 11.5. The van der Waals surface area contributed by atoms with Gasteiger partial charge in [-0.2, -0.15) is 0 Å². The first-order chi connectivity index (χ1) is 9.97. The third kappa shape index (κ3) is 7.94. The SMILES string of the molecule is CC(C)CNC(=O)CNCc1ccc(OCC(N)=O)cc1. The maximum Gasteiger partial charge on any atom is 0.255 e. The van der Waals surface area contributed by atoms with E-state index in [4.69, 9.17) is 10.5 Å². The van der Waals surface area contributed by atoms with Crippen LogP contribution in [-0.2, 0) is 16.1 Å². The number of hydrogen-bond acceptors (Lipinski definition) is 4. The Bertz CT molecular complexity index is 458. The van der Waals surface area contributed by atoms with Crippen LogP contribution >= 0.6 is 0 Å². The average Bonchev–Trinajstić information content (AvgIpc) is 2.44. The first kappa shape index (κ1) is 17.0. The normalized spacial score (nSPS) is 10.4. The van der Waals surface area contributed by atoms with Crippen LogP contribution in [0.3, 0.4) is 0 Å². The lowest BCUT2D eigenvalue weighted by molar-refractivity contribution is -0.121. The average molecular weight is 293 g/mol.